The molecule has 324 valence electrons. The molecular weight excluding hydrogens is 831 g/mol. The van der Waals surface area contributed by atoms with Crippen LogP contribution in [0.5, 0.6) is 0 Å². The number of hydrogen-bond acceptors (Lipinski definition) is 1. The summed E-state index contributed by atoms with van der Waals surface area (Å²) in [6, 6.07) is 98.5. The van der Waals surface area contributed by atoms with Crippen LogP contribution in [0.15, 0.2) is 267 Å². The van der Waals surface area contributed by atoms with E-state index in [1.165, 1.54) is 93.5 Å². The van der Waals surface area contributed by atoms with E-state index in [2.05, 4.69) is 279 Å². The Morgan fingerprint density at radius 1 is 0.290 bits per heavy atom. The lowest BCUT2D eigenvalue weighted by Gasteiger charge is -2.30. The molecule has 12 aromatic rings. The van der Waals surface area contributed by atoms with E-state index in [1.807, 2.05) is 0 Å². The number of para-hydroxylation sites is 1. The second-order valence-corrected chi connectivity index (χ2v) is 18.5. The quantitative estimate of drug-likeness (QED) is 0.138. The van der Waals surface area contributed by atoms with Crippen LogP contribution >= 0.6 is 0 Å². The third-order valence-corrected chi connectivity index (χ3v) is 14.7. The highest BCUT2D eigenvalue weighted by molar-refractivity contribution is 6.22. The summed E-state index contributed by atoms with van der Waals surface area (Å²) in [7, 11) is 0. The molecule has 1 aliphatic carbocycles. The Bertz CT molecular complexity index is 3890. The molecule has 12 aromatic carbocycles. The van der Waals surface area contributed by atoms with Crippen LogP contribution in [0.25, 0.3) is 88.0 Å². The van der Waals surface area contributed by atoms with E-state index in [-0.39, 0.29) is 5.41 Å². The Hall–Kier alpha value is -8.78. The van der Waals surface area contributed by atoms with E-state index < -0.39 is 0 Å². The van der Waals surface area contributed by atoms with Crippen molar-refractivity contribution in [1.29, 1.82) is 0 Å². The second kappa shape index (κ2) is 16.5. The molecule has 13 rings (SSSR count). The monoisotopic (exact) mass is 877 g/mol. The van der Waals surface area contributed by atoms with Crippen molar-refractivity contribution < 1.29 is 0 Å². The van der Waals surface area contributed by atoms with Crippen LogP contribution in [-0.2, 0) is 5.41 Å². The lowest BCUT2D eigenvalue weighted by Crippen LogP contribution is -2.22. The molecule has 0 spiro atoms. The Morgan fingerprint density at radius 3 is 1.58 bits per heavy atom. The molecule has 0 amide bonds. The standard InChI is InChI=1S/C68H47N/c1-68(53-25-9-4-10-26-53)63-31-17-15-29-59(63)61-45-55(40-42-64(61)68)69(54-38-35-47(36-39-54)51-34-33-46-19-11-12-24-50(46)43-51)65-32-18-16-27-56(65)52-37-41-58-57-28-13-14-30-60(57)66(48-20-5-2-6-21-48)67(62(58)44-52)49-22-7-3-8-23-49/h2-45H,1H3. The molecule has 1 aliphatic rings. The van der Waals surface area contributed by atoms with Gasteiger partial charge in [0.15, 0.2) is 0 Å². The van der Waals surface area contributed by atoms with Gasteiger partial charge >= 0.3 is 0 Å². The molecule has 0 aliphatic heterocycles. The highest BCUT2D eigenvalue weighted by Crippen LogP contribution is 2.54. The van der Waals surface area contributed by atoms with E-state index in [9.17, 15) is 0 Å². The molecule has 0 aromatic heterocycles. The normalized spacial score (nSPS) is 13.9. The van der Waals surface area contributed by atoms with Crippen molar-refractivity contribution in [2.45, 2.75) is 12.3 Å². The third kappa shape index (κ3) is 6.69. The maximum Gasteiger partial charge on any atom is 0.0540 e. The lowest BCUT2D eigenvalue weighted by molar-refractivity contribution is 0.714. The largest absolute Gasteiger partial charge is 0.310 e. The maximum atomic E-state index is 2.47. The van der Waals surface area contributed by atoms with Crippen molar-refractivity contribution in [1.82, 2.24) is 0 Å². The van der Waals surface area contributed by atoms with Gasteiger partial charge in [-0.3, -0.25) is 0 Å². The summed E-state index contributed by atoms with van der Waals surface area (Å²) in [6.07, 6.45) is 0. The van der Waals surface area contributed by atoms with E-state index in [1.54, 1.807) is 0 Å². The molecule has 0 radical (unpaired) electrons. The van der Waals surface area contributed by atoms with Crippen LogP contribution in [-0.4, -0.2) is 0 Å². The van der Waals surface area contributed by atoms with Gasteiger partial charge in [0.05, 0.1) is 5.69 Å². The molecule has 0 heterocycles. The molecule has 0 bridgehead atoms. The Balaban J connectivity index is 1.03. The summed E-state index contributed by atoms with van der Waals surface area (Å²) in [5, 5.41) is 7.46. The van der Waals surface area contributed by atoms with E-state index in [4.69, 9.17) is 0 Å². The van der Waals surface area contributed by atoms with E-state index >= 15 is 0 Å². The maximum absolute atomic E-state index is 2.47. The fourth-order valence-electron chi connectivity index (χ4n) is 11.4. The minimum Gasteiger partial charge on any atom is -0.310 e. The third-order valence-electron chi connectivity index (χ3n) is 14.7. The van der Waals surface area contributed by atoms with Gasteiger partial charge in [-0.15, -0.1) is 0 Å². The highest BCUT2D eigenvalue weighted by atomic mass is 15.1. The number of rotatable bonds is 8. The first-order valence-electron chi connectivity index (χ1n) is 24.0. The van der Waals surface area contributed by atoms with Gasteiger partial charge in [-0.25, -0.2) is 0 Å². The van der Waals surface area contributed by atoms with Crippen LogP contribution in [0.4, 0.5) is 17.1 Å². The number of fused-ring (bicyclic) bond motifs is 7. The van der Waals surface area contributed by atoms with Crippen LogP contribution < -0.4 is 4.90 Å². The zero-order valence-corrected chi connectivity index (χ0v) is 38.4. The predicted octanol–water partition coefficient (Wildman–Crippen LogP) is 18.6. The van der Waals surface area contributed by atoms with Crippen molar-refractivity contribution >= 4 is 49.4 Å². The number of hydrogen-bond donors (Lipinski definition) is 0. The molecule has 1 heteroatoms. The first-order chi connectivity index (χ1) is 34.1. The first kappa shape index (κ1) is 40.5. The van der Waals surface area contributed by atoms with Crippen molar-refractivity contribution in [3.8, 4) is 55.6 Å². The molecule has 1 atom stereocenters. The summed E-state index contributed by atoms with van der Waals surface area (Å²) < 4.78 is 0. The van der Waals surface area contributed by atoms with Crippen molar-refractivity contribution in [2.24, 2.45) is 0 Å². The van der Waals surface area contributed by atoms with Gasteiger partial charge in [0.25, 0.3) is 0 Å². The molecule has 0 saturated carbocycles. The van der Waals surface area contributed by atoms with Crippen LogP contribution in [0, 0.1) is 0 Å². The molecule has 69 heavy (non-hydrogen) atoms. The Kier molecular flexibility index (Phi) is 9.70. The average molecular weight is 878 g/mol. The van der Waals surface area contributed by atoms with Gasteiger partial charge in [-0.05, 0) is 148 Å². The number of anilines is 3. The van der Waals surface area contributed by atoms with E-state index in [0.717, 1.165) is 28.2 Å². The molecule has 0 saturated heterocycles. The van der Waals surface area contributed by atoms with Crippen LogP contribution in [0.1, 0.15) is 23.6 Å². The Morgan fingerprint density at radius 2 is 0.826 bits per heavy atom. The number of benzene rings is 12. The first-order valence-corrected chi connectivity index (χ1v) is 24.0. The van der Waals surface area contributed by atoms with Crippen molar-refractivity contribution in [3.05, 3.63) is 284 Å². The van der Waals surface area contributed by atoms with Gasteiger partial charge < -0.3 is 4.90 Å². The van der Waals surface area contributed by atoms with Crippen LogP contribution in [0.3, 0.4) is 0 Å². The van der Waals surface area contributed by atoms with Crippen LogP contribution in [0.2, 0.25) is 0 Å². The minimum absolute atomic E-state index is 0.291. The molecule has 0 N–H and O–H groups in total. The van der Waals surface area contributed by atoms with Gasteiger partial charge in [0, 0.05) is 22.4 Å². The average Bonchev–Trinajstić information content (AvgIpc) is 3.69. The zero-order chi connectivity index (χ0) is 45.9. The molecule has 1 nitrogen and oxygen atoms in total. The summed E-state index contributed by atoms with van der Waals surface area (Å²) in [5.74, 6) is 0. The van der Waals surface area contributed by atoms with Gasteiger partial charge in [-0.1, -0.05) is 224 Å². The fraction of sp³-hybridized carbons (Fsp3) is 0.0294. The summed E-state index contributed by atoms with van der Waals surface area (Å²) in [6.45, 7) is 2.39. The summed E-state index contributed by atoms with van der Waals surface area (Å²) in [5.41, 5.74) is 19.1. The van der Waals surface area contributed by atoms with Crippen molar-refractivity contribution in [3.63, 3.8) is 0 Å². The summed E-state index contributed by atoms with van der Waals surface area (Å²) >= 11 is 0. The highest BCUT2D eigenvalue weighted by Gasteiger charge is 2.41. The predicted molar refractivity (Wildman–Crippen MR) is 293 cm³/mol. The second-order valence-electron chi connectivity index (χ2n) is 18.5. The van der Waals surface area contributed by atoms with Gasteiger partial charge in [-0.2, -0.15) is 0 Å². The topological polar surface area (TPSA) is 3.24 Å². The van der Waals surface area contributed by atoms with Gasteiger partial charge in [0.1, 0.15) is 0 Å². The smallest absolute Gasteiger partial charge is 0.0540 e. The fourth-order valence-corrected chi connectivity index (χ4v) is 11.4. The number of nitrogens with zero attached hydrogens (tertiary/aromatic N) is 1. The summed E-state index contributed by atoms with van der Waals surface area (Å²) in [4.78, 5) is 2.47. The zero-order valence-electron chi connectivity index (χ0n) is 38.4. The molecule has 1 unspecified atom stereocenters. The van der Waals surface area contributed by atoms with E-state index in [0.29, 0.717) is 0 Å². The Labute approximate surface area is 403 Å². The van der Waals surface area contributed by atoms with Gasteiger partial charge in [0.2, 0.25) is 0 Å². The minimum atomic E-state index is -0.291. The SMILES string of the molecule is CC1(c2ccccc2)c2ccccc2-c2cc(N(c3ccc(-c4ccc5ccccc5c4)cc3)c3ccccc3-c3ccc4c(c3)c(-c3ccccc3)c(-c3ccccc3)c3ccccc34)ccc21. The molecule has 0 fully saturated rings. The van der Waals surface area contributed by atoms with Crippen molar-refractivity contribution in [2.75, 3.05) is 4.90 Å². The lowest BCUT2D eigenvalue weighted by atomic mass is 9.74. The molecular formula is C68H47N.